The summed E-state index contributed by atoms with van der Waals surface area (Å²) in [5.41, 5.74) is -0.670. The summed E-state index contributed by atoms with van der Waals surface area (Å²) in [7, 11) is -3.81. The number of amides is 2. The first-order chi connectivity index (χ1) is 17.8. The van der Waals surface area contributed by atoms with Crippen molar-refractivity contribution < 1.29 is 23.1 Å². The molecule has 38 heavy (non-hydrogen) atoms. The minimum Gasteiger partial charge on any atom is -0.390 e. The molecule has 1 aromatic heterocycles. The van der Waals surface area contributed by atoms with Crippen LogP contribution in [0.3, 0.4) is 0 Å². The lowest BCUT2D eigenvalue weighted by Gasteiger charge is -2.32. The molecule has 0 saturated heterocycles. The lowest BCUT2D eigenvalue weighted by atomic mass is 9.84. The lowest BCUT2D eigenvalue weighted by Crippen LogP contribution is -2.56. The van der Waals surface area contributed by atoms with E-state index < -0.39 is 39.4 Å². The molecule has 0 saturated carbocycles. The van der Waals surface area contributed by atoms with Gasteiger partial charge >= 0.3 is 0 Å². The fourth-order valence-corrected chi connectivity index (χ4v) is 6.45. The molecular formula is C26H31Cl2N3O5S2. The van der Waals surface area contributed by atoms with Crippen molar-refractivity contribution in [1.82, 2.24) is 15.4 Å². The monoisotopic (exact) mass is 599 g/mol. The van der Waals surface area contributed by atoms with Crippen molar-refractivity contribution >= 4 is 66.5 Å². The summed E-state index contributed by atoms with van der Waals surface area (Å²) in [5.74, 6) is -0.958. The van der Waals surface area contributed by atoms with Crippen molar-refractivity contribution in [1.29, 1.82) is 0 Å². The SMILES string of the molecule is CC(C)(C)[C@H](O)C(NC(=O)c1cc2ccccc2s1)C(=O)NCCCCNS(=O)(=O)c1ccc(Cl)cc1Cl. The second kappa shape index (κ2) is 12.8. The Labute approximate surface area is 236 Å². The first-order valence-corrected chi connectivity index (χ1v) is 15.0. The molecule has 0 radical (unpaired) electrons. The number of unbranched alkanes of at least 4 members (excludes halogenated alkanes) is 1. The van der Waals surface area contributed by atoms with Gasteiger partial charge in [-0.05, 0) is 54.0 Å². The number of rotatable bonds is 11. The summed E-state index contributed by atoms with van der Waals surface area (Å²) in [4.78, 5) is 26.3. The number of thiophene rings is 1. The van der Waals surface area contributed by atoms with Crippen molar-refractivity contribution in [3.05, 3.63) is 63.5 Å². The molecule has 2 atom stereocenters. The number of halogens is 2. The maximum atomic E-state index is 13.0. The number of hydrogen-bond donors (Lipinski definition) is 4. The highest BCUT2D eigenvalue weighted by Crippen LogP contribution is 2.27. The minimum atomic E-state index is -3.81. The average molecular weight is 601 g/mol. The maximum Gasteiger partial charge on any atom is 0.262 e. The summed E-state index contributed by atoms with van der Waals surface area (Å²) in [6, 6.07) is 12.3. The molecule has 1 heterocycles. The number of aliphatic hydroxyl groups excluding tert-OH is 1. The number of fused-ring (bicyclic) bond motifs is 1. The highest BCUT2D eigenvalue weighted by Gasteiger charge is 2.36. The number of sulfonamides is 1. The number of benzene rings is 2. The second-order valence-electron chi connectivity index (χ2n) is 9.88. The molecule has 0 spiro atoms. The van der Waals surface area contributed by atoms with Gasteiger partial charge in [0.25, 0.3) is 5.91 Å². The van der Waals surface area contributed by atoms with E-state index in [9.17, 15) is 23.1 Å². The van der Waals surface area contributed by atoms with Crippen molar-refractivity contribution in [2.45, 2.75) is 50.7 Å². The fraction of sp³-hybridized carbons (Fsp3) is 0.385. The van der Waals surface area contributed by atoms with Crippen LogP contribution >= 0.6 is 34.5 Å². The zero-order valence-corrected chi connectivity index (χ0v) is 24.4. The molecule has 8 nitrogen and oxygen atoms in total. The Hall–Kier alpha value is -2.21. The molecule has 2 amide bonds. The van der Waals surface area contributed by atoms with Gasteiger partial charge in [-0.1, -0.05) is 62.2 Å². The van der Waals surface area contributed by atoms with Crippen LogP contribution in [-0.4, -0.2) is 50.6 Å². The zero-order chi connectivity index (χ0) is 28.1. The molecule has 1 unspecified atom stereocenters. The highest BCUT2D eigenvalue weighted by atomic mass is 35.5. The van der Waals surface area contributed by atoms with Gasteiger partial charge in [0.1, 0.15) is 10.9 Å². The number of nitrogens with one attached hydrogen (secondary N) is 3. The van der Waals surface area contributed by atoms with Gasteiger partial charge in [0.05, 0.1) is 16.0 Å². The third-order valence-corrected chi connectivity index (χ3v) is 9.09. The molecule has 0 fully saturated rings. The Morgan fingerprint density at radius 1 is 1.03 bits per heavy atom. The topological polar surface area (TPSA) is 125 Å². The molecule has 0 aliphatic heterocycles. The van der Waals surface area contributed by atoms with Gasteiger partial charge < -0.3 is 15.7 Å². The maximum absolute atomic E-state index is 13.0. The minimum absolute atomic E-state index is 0.0263. The van der Waals surface area contributed by atoms with E-state index in [1.165, 1.54) is 29.5 Å². The van der Waals surface area contributed by atoms with Gasteiger partial charge in [-0.3, -0.25) is 9.59 Å². The van der Waals surface area contributed by atoms with E-state index in [0.29, 0.717) is 22.7 Å². The molecule has 0 aliphatic rings. The smallest absolute Gasteiger partial charge is 0.262 e. The van der Waals surface area contributed by atoms with Crippen molar-refractivity contribution in [3.8, 4) is 0 Å². The van der Waals surface area contributed by atoms with Gasteiger partial charge in [-0.2, -0.15) is 0 Å². The van der Waals surface area contributed by atoms with Gasteiger partial charge in [-0.15, -0.1) is 11.3 Å². The van der Waals surface area contributed by atoms with E-state index in [2.05, 4.69) is 15.4 Å². The van der Waals surface area contributed by atoms with Gasteiger partial charge in [0.2, 0.25) is 15.9 Å². The Morgan fingerprint density at radius 3 is 2.37 bits per heavy atom. The second-order valence-corrected chi connectivity index (χ2v) is 13.5. The average Bonchev–Trinajstić information content (AvgIpc) is 3.27. The van der Waals surface area contributed by atoms with E-state index in [-0.39, 0.29) is 23.0 Å². The standard InChI is InChI=1S/C26H31Cl2N3O5S2/c1-26(2,3)23(32)22(31-24(33)20-14-16-8-4-5-9-19(16)37-20)25(34)29-12-6-7-13-30-38(35,36)21-11-10-17(27)15-18(21)28/h4-5,8-11,14-15,22-23,30,32H,6-7,12-13H2,1-3H3,(H,29,34)(H,31,33)/t22?,23-/m1/s1. The van der Waals surface area contributed by atoms with Crippen LogP contribution in [0.15, 0.2) is 53.4 Å². The predicted molar refractivity (Wildman–Crippen MR) is 152 cm³/mol. The first-order valence-electron chi connectivity index (χ1n) is 12.0. The number of hydrogen-bond acceptors (Lipinski definition) is 6. The molecule has 3 rings (SSSR count). The molecule has 3 aromatic rings. The summed E-state index contributed by atoms with van der Waals surface area (Å²) in [5, 5.41) is 17.6. The number of aliphatic hydroxyl groups is 1. The summed E-state index contributed by atoms with van der Waals surface area (Å²) in [6.45, 7) is 5.70. The normalized spacial score (nSPS) is 13.7. The van der Waals surface area contributed by atoms with Crippen LogP contribution in [0, 0.1) is 5.41 Å². The largest absolute Gasteiger partial charge is 0.390 e. The third-order valence-electron chi connectivity index (χ3n) is 5.80. The third kappa shape index (κ3) is 7.91. The van der Waals surface area contributed by atoms with E-state index in [0.717, 1.165) is 10.1 Å². The van der Waals surface area contributed by atoms with Gasteiger partial charge in [0.15, 0.2) is 0 Å². The van der Waals surface area contributed by atoms with Crippen molar-refractivity contribution in [3.63, 3.8) is 0 Å². The Balaban J connectivity index is 1.54. The summed E-state index contributed by atoms with van der Waals surface area (Å²) in [6.07, 6.45) is -0.243. The molecular weight excluding hydrogens is 569 g/mol. The van der Waals surface area contributed by atoms with Crippen LogP contribution in [0.2, 0.25) is 10.0 Å². The van der Waals surface area contributed by atoms with Crippen LogP contribution in [0.1, 0.15) is 43.3 Å². The first kappa shape index (κ1) is 30.3. The van der Waals surface area contributed by atoms with Crippen LogP contribution in [0.25, 0.3) is 10.1 Å². The summed E-state index contributed by atoms with van der Waals surface area (Å²) >= 11 is 13.1. The molecule has 12 heteroatoms. The van der Waals surface area contributed by atoms with Crippen LogP contribution < -0.4 is 15.4 Å². The molecule has 0 aliphatic carbocycles. The van der Waals surface area contributed by atoms with E-state index >= 15 is 0 Å². The van der Waals surface area contributed by atoms with Crippen LogP contribution in [0.5, 0.6) is 0 Å². The molecule has 206 valence electrons. The fourth-order valence-electron chi connectivity index (χ4n) is 3.64. The lowest BCUT2D eigenvalue weighted by molar-refractivity contribution is -0.127. The van der Waals surface area contributed by atoms with Crippen molar-refractivity contribution in [2.24, 2.45) is 5.41 Å². The quantitative estimate of drug-likeness (QED) is 0.240. The molecule has 0 bridgehead atoms. The Bertz CT molecular complexity index is 1370. The van der Waals surface area contributed by atoms with Gasteiger partial charge in [0, 0.05) is 22.8 Å². The molecule has 2 aromatic carbocycles. The number of carbonyl (C=O) groups is 2. The predicted octanol–water partition coefficient (Wildman–Crippen LogP) is 4.59. The Kier molecular flexibility index (Phi) is 10.2. The van der Waals surface area contributed by atoms with Gasteiger partial charge in [-0.25, -0.2) is 13.1 Å². The van der Waals surface area contributed by atoms with Crippen molar-refractivity contribution in [2.75, 3.05) is 13.1 Å². The molecule has 4 N–H and O–H groups in total. The Morgan fingerprint density at radius 2 is 1.71 bits per heavy atom. The van der Waals surface area contributed by atoms with E-state index in [1.54, 1.807) is 26.8 Å². The number of carbonyl (C=O) groups excluding carboxylic acids is 2. The summed E-state index contributed by atoms with van der Waals surface area (Å²) < 4.78 is 28.4. The van der Waals surface area contributed by atoms with Crippen LogP contribution in [0.4, 0.5) is 0 Å². The zero-order valence-electron chi connectivity index (χ0n) is 21.3. The van der Waals surface area contributed by atoms with E-state index in [4.69, 9.17) is 23.2 Å². The van der Waals surface area contributed by atoms with Crippen LogP contribution in [-0.2, 0) is 14.8 Å². The highest BCUT2D eigenvalue weighted by molar-refractivity contribution is 7.89. The van der Waals surface area contributed by atoms with E-state index in [1.807, 2.05) is 24.3 Å².